The van der Waals surface area contributed by atoms with Gasteiger partial charge in [0, 0.05) is 17.3 Å². The van der Waals surface area contributed by atoms with E-state index in [0.29, 0.717) is 10.6 Å². The van der Waals surface area contributed by atoms with Crippen LogP contribution < -0.4 is 5.32 Å². The molecule has 0 spiro atoms. The zero-order valence-corrected chi connectivity index (χ0v) is 18.0. The van der Waals surface area contributed by atoms with Crippen LogP contribution in [0, 0.1) is 11.7 Å². The van der Waals surface area contributed by atoms with Gasteiger partial charge in [0.2, 0.25) is 5.91 Å². The van der Waals surface area contributed by atoms with E-state index in [0.717, 1.165) is 69.3 Å². The molecule has 4 rings (SSSR count). The molecule has 2 heterocycles. The number of anilines is 1. The molecule has 2 aliphatic rings. The number of halogens is 1. The summed E-state index contributed by atoms with van der Waals surface area (Å²) in [7, 11) is 1.39. The van der Waals surface area contributed by atoms with E-state index < -0.39 is 0 Å². The molecule has 2 aromatic rings. The second-order valence-electron chi connectivity index (χ2n) is 8.07. The van der Waals surface area contributed by atoms with Gasteiger partial charge in [-0.3, -0.25) is 9.69 Å². The van der Waals surface area contributed by atoms with Crippen molar-refractivity contribution >= 4 is 28.2 Å². The Morgan fingerprint density at radius 3 is 2.57 bits per heavy atom. The van der Waals surface area contributed by atoms with Gasteiger partial charge in [-0.1, -0.05) is 12.1 Å². The number of rotatable bonds is 5. The first kappa shape index (κ1) is 21.0. The molecule has 1 aromatic heterocycles. The number of ether oxygens (including phenoxy) is 1. The highest BCUT2D eigenvalue weighted by Crippen LogP contribution is 2.39. The van der Waals surface area contributed by atoms with E-state index in [9.17, 15) is 14.0 Å². The van der Waals surface area contributed by atoms with E-state index in [-0.39, 0.29) is 23.6 Å². The summed E-state index contributed by atoms with van der Waals surface area (Å²) in [5.74, 6) is -0.672. The number of methoxy groups -OCH3 is 1. The third-order valence-electron chi connectivity index (χ3n) is 6.08. The first-order valence-corrected chi connectivity index (χ1v) is 11.4. The molecule has 160 valence electrons. The molecular weight excluding hydrogens is 403 g/mol. The first-order valence-electron chi connectivity index (χ1n) is 10.6. The van der Waals surface area contributed by atoms with Crippen molar-refractivity contribution in [2.45, 2.75) is 45.1 Å². The molecule has 5 nitrogen and oxygen atoms in total. The van der Waals surface area contributed by atoms with Gasteiger partial charge in [0.1, 0.15) is 10.8 Å². The van der Waals surface area contributed by atoms with Crippen LogP contribution in [0.5, 0.6) is 0 Å². The van der Waals surface area contributed by atoms with Crippen molar-refractivity contribution < 1.29 is 18.7 Å². The highest BCUT2D eigenvalue weighted by molar-refractivity contribution is 7.17. The summed E-state index contributed by atoms with van der Waals surface area (Å²) in [6.45, 7) is 2.40. The minimum atomic E-state index is -0.362. The summed E-state index contributed by atoms with van der Waals surface area (Å²) < 4.78 is 18.1. The summed E-state index contributed by atoms with van der Waals surface area (Å²) in [4.78, 5) is 28.8. The Morgan fingerprint density at radius 1 is 1.17 bits per heavy atom. The van der Waals surface area contributed by atoms with E-state index in [4.69, 9.17) is 4.74 Å². The van der Waals surface area contributed by atoms with Crippen LogP contribution in [0.15, 0.2) is 24.3 Å². The summed E-state index contributed by atoms with van der Waals surface area (Å²) >= 11 is 1.53. The van der Waals surface area contributed by atoms with Gasteiger partial charge < -0.3 is 10.1 Å². The Bertz CT molecular complexity index is 917. The number of nitrogens with zero attached hydrogens (tertiary/aromatic N) is 1. The van der Waals surface area contributed by atoms with E-state index >= 15 is 0 Å². The molecule has 30 heavy (non-hydrogen) atoms. The number of thiophene rings is 1. The van der Waals surface area contributed by atoms with Gasteiger partial charge in [-0.15, -0.1) is 11.3 Å². The van der Waals surface area contributed by atoms with Crippen molar-refractivity contribution in [3.05, 3.63) is 51.7 Å². The van der Waals surface area contributed by atoms with Gasteiger partial charge >= 0.3 is 5.97 Å². The fraction of sp³-hybridized carbons (Fsp3) is 0.478. The molecule has 1 amide bonds. The van der Waals surface area contributed by atoms with Gasteiger partial charge in [-0.25, -0.2) is 9.18 Å². The van der Waals surface area contributed by atoms with Crippen LogP contribution in [-0.2, 0) is 28.9 Å². The van der Waals surface area contributed by atoms with Gasteiger partial charge in [0.25, 0.3) is 0 Å². The van der Waals surface area contributed by atoms with Crippen molar-refractivity contribution in [3.63, 3.8) is 0 Å². The molecular formula is C23H27FN2O3S. The maximum Gasteiger partial charge on any atom is 0.341 e. The third kappa shape index (κ3) is 4.57. The van der Waals surface area contributed by atoms with Crippen LogP contribution in [0.1, 0.15) is 52.0 Å². The van der Waals surface area contributed by atoms with E-state index in [1.165, 1.54) is 35.5 Å². The average molecular weight is 431 g/mol. The highest BCUT2D eigenvalue weighted by atomic mass is 32.1. The lowest BCUT2D eigenvalue weighted by molar-refractivity contribution is -0.121. The lowest BCUT2D eigenvalue weighted by Crippen LogP contribution is -2.37. The predicted molar refractivity (Wildman–Crippen MR) is 115 cm³/mol. The fourth-order valence-corrected chi connectivity index (χ4v) is 5.67. The Hall–Kier alpha value is -2.25. The molecule has 7 heteroatoms. The Balaban J connectivity index is 1.38. The highest BCUT2D eigenvalue weighted by Gasteiger charge is 2.30. The maximum absolute atomic E-state index is 13.1. The first-order chi connectivity index (χ1) is 14.5. The van der Waals surface area contributed by atoms with E-state index in [1.807, 2.05) is 0 Å². The molecule has 1 fully saturated rings. The fourth-order valence-electron chi connectivity index (χ4n) is 4.39. The number of carbonyl (C=O) groups excluding carboxylic acids is 2. The number of piperidine rings is 1. The SMILES string of the molecule is COC(=O)c1c(NC(=O)C2CCN(Cc3ccc(F)cc3)CC2)sc2c1CCCC2. The Morgan fingerprint density at radius 2 is 1.87 bits per heavy atom. The smallest absolute Gasteiger partial charge is 0.341 e. The normalized spacial score (nSPS) is 17.4. The number of esters is 1. The van der Waals surface area contributed by atoms with Gasteiger partial charge in [0.15, 0.2) is 0 Å². The molecule has 1 aromatic carbocycles. The monoisotopic (exact) mass is 430 g/mol. The largest absolute Gasteiger partial charge is 0.465 e. The number of carbonyl (C=O) groups is 2. The number of hydrogen-bond acceptors (Lipinski definition) is 5. The molecule has 1 N–H and O–H groups in total. The van der Waals surface area contributed by atoms with Crippen molar-refractivity contribution in [2.24, 2.45) is 5.92 Å². The summed E-state index contributed by atoms with van der Waals surface area (Å²) in [5, 5.41) is 3.69. The van der Waals surface area contributed by atoms with Gasteiger partial charge in [-0.05, 0) is 74.9 Å². The molecule has 1 aliphatic carbocycles. The second-order valence-corrected chi connectivity index (χ2v) is 9.18. The van der Waals surface area contributed by atoms with Crippen LogP contribution in [0.25, 0.3) is 0 Å². The molecule has 0 radical (unpaired) electrons. The summed E-state index contributed by atoms with van der Waals surface area (Å²) in [5.41, 5.74) is 2.69. The van der Waals surface area contributed by atoms with Crippen molar-refractivity contribution in [1.29, 1.82) is 0 Å². The number of nitrogens with one attached hydrogen (secondary N) is 1. The zero-order chi connectivity index (χ0) is 21.1. The van der Waals surface area contributed by atoms with Crippen LogP contribution in [0.4, 0.5) is 9.39 Å². The van der Waals surface area contributed by atoms with E-state index in [2.05, 4.69) is 10.2 Å². The lowest BCUT2D eigenvalue weighted by atomic mass is 9.94. The Labute approximate surface area is 180 Å². The molecule has 1 saturated heterocycles. The van der Waals surface area contributed by atoms with Crippen molar-refractivity contribution in [1.82, 2.24) is 4.90 Å². The molecule has 0 bridgehead atoms. The standard InChI is InChI=1S/C23H27FN2O3S/c1-29-23(28)20-18-4-2-3-5-19(18)30-22(20)25-21(27)16-10-12-26(13-11-16)14-15-6-8-17(24)9-7-15/h6-9,16H,2-5,10-14H2,1H3,(H,25,27). The van der Waals surface area contributed by atoms with Crippen LogP contribution in [0.3, 0.4) is 0 Å². The number of hydrogen-bond donors (Lipinski definition) is 1. The van der Waals surface area contributed by atoms with Crippen molar-refractivity contribution in [3.8, 4) is 0 Å². The minimum absolute atomic E-state index is 0.0137. The molecule has 0 saturated carbocycles. The number of amides is 1. The van der Waals surface area contributed by atoms with Gasteiger partial charge in [0.05, 0.1) is 12.7 Å². The third-order valence-corrected chi connectivity index (χ3v) is 7.28. The second kappa shape index (κ2) is 9.27. The predicted octanol–water partition coefficient (Wildman–Crippen LogP) is 4.40. The Kier molecular flexibility index (Phi) is 6.49. The molecule has 0 atom stereocenters. The van der Waals surface area contributed by atoms with Crippen LogP contribution in [0.2, 0.25) is 0 Å². The van der Waals surface area contributed by atoms with E-state index in [1.54, 1.807) is 12.1 Å². The van der Waals surface area contributed by atoms with Crippen molar-refractivity contribution in [2.75, 3.05) is 25.5 Å². The quantitative estimate of drug-likeness (QED) is 0.714. The number of benzene rings is 1. The number of likely N-dealkylation sites (tertiary alicyclic amines) is 1. The maximum atomic E-state index is 13.1. The molecule has 0 unspecified atom stereocenters. The molecule has 1 aliphatic heterocycles. The zero-order valence-electron chi connectivity index (χ0n) is 17.2. The van der Waals surface area contributed by atoms with Gasteiger partial charge in [-0.2, -0.15) is 0 Å². The average Bonchev–Trinajstić information content (AvgIpc) is 3.13. The number of fused-ring (bicyclic) bond motifs is 1. The summed E-state index contributed by atoms with van der Waals surface area (Å²) in [6, 6.07) is 6.58. The number of aryl methyl sites for hydroxylation is 1. The van der Waals surface area contributed by atoms with Crippen LogP contribution >= 0.6 is 11.3 Å². The lowest BCUT2D eigenvalue weighted by Gasteiger charge is -2.31. The van der Waals surface area contributed by atoms with Crippen LogP contribution in [-0.4, -0.2) is 37.0 Å². The minimum Gasteiger partial charge on any atom is -0.465 e. The summed E-state index contributed by atoms with van der Waals surface area (Å²) in [6.07, 6.45) is 5.55. The topological polar surface area (TPSA) is 58.6 Å².